The van der Waals surface area contributed by atoms with Crippen LogP contribution in [-0.2, 0) is 11.3 Å². The minimum absolute atomic E-state index is 0. The van der Waals surface area contributed by atoms with Crippen molar-refractivity contribution in [3.8, 4) is 34.1 Å². The Bertz CT molecular complexity index is 1400. The van der Waals surface area contributed by atoms with E-state index in [-0.39, 0.29) is 19.0 Å². The second-order valence-electron chi connectivity index (χ2n) is 7.87. The molecule has 0 amide bonds. The molecule has 4 rings (SSSR count). The van der Waals surface area contributed by atoms with E-state index in [0.29, 0.717) is 57.3 Å². The van der Waals surface area contributed by atoms with Crippen LogP contribution in [0.2, 0.25) is 0 Å². The van der Waals surface area contributed by atoms with Crippen LogP contribution in [0.1, 0.15) is 23.0 Å². The molecule has 8 nitrogen and oxygen atoms in total. The standard InChI is InChI=1S/C28H29N2O6.ClH/c1-6-36-28(31)27-21(17-30-12-8-7-9-13-30)29-20-16-25(35-5)24(34-4)15-19(20)26(27)18-10-11-22(32-2)23(14-18)33-3;/h7-16H,6,17H2,1-5H3;1H/q+1;/p-1. The van der Waals surface area contributed by atoms with Crippen LogP contribution in [0.5, 0.6) is 23.0 Å². The summed E-state index contributed by atoms with van der Waals surface area (Å²) in [7, 11) is 6.30. The van der Waals surface area contributed by atoms with E-state index in [1.165, 1.54) is 0 Å². The third kappa shape index (κ3) is 5.54. The lowest BCUT2D eigenvalue weighted by Gasteiger charge is -2.18. The summed E-state index contributed by atoms with van der Waals surface area (Å²) in [4.78, 5) is 18.4. The lowest BCUT2D eigenvalue weighted by atomic mass is 9.93. The molecule has 37 heavy (non-hydrogen) atoms. The fourth-order valence-electron chi connectivity index (χ4n) is 4.18. The average molecular weight is 525 g/mol. The minimum atomic E-state index is -0.460. The normalized spacial score (nSPS) is 10.4. The van der Waals surface area contributed by atoms with Gasteiger partial charge in [-0.15, -0.1) is 0 Å². The molecule has 2 aromatic carbocycles. The van der Waals surface area contributed by atoms with Crippen LogP contribution in [0.4, 0.5) is 0 Å². The van der Waals surface area contributed by atoms with Crippen LogP contribution in [0, 0.1) is 0 Å². The molecule has 0 aliphatic rings. The SMILES string of the molecule is CCOC(=O)c1c(C[n+]2ccccc2)nc2cc(OC)c(OC)cc2c1-c1ccc(OC)c(OC)c1.[Cl-]. The number of hydrogen-bond donors (Lipinski definition) is 0. The van der Waals surface area contributed by atoms with Crippen molar-refractivity contribution in [3.63, 3.8) is 0 Å². The van der Waals surface area contributed by atoms with Crippen molar-refractivity contribution in [2.45, 2.75) is 13.5 Å². The number of benzene rings is 2. The lowest BCUT2D eigenvalue weighted by molar-refractivity contribution is -0.688. The Hall–Kier alpha value is -4.04. The van der Waals surface area contributed by atoms with Crippen LogP contribution in [-0.4, -0.2) is 46.0 Å². The Morgan fingerprint density at radius 3 is 2.08 bits per heavy atom. The fourth-order valence-corrected chi connectivity index (χ4v) is 4.18. The van der Waals surface area contributed by atoms with E-state index in [9.17, 15) is 4.79 Å². The monoisotopic (exact) mass is 524 g/mol. The number of methoxy groups -OCH3 is 4. The van der Waals surface area contributed by atoms with Gasteiger partial charge in [0, 0.05) is 29.1 Å². The van der Waals surface area contributed by atoms with Crippen LogP contribution in [0.3, 0.4) is 0 Å². The highest BCUT2D eigenvalue weighted by Gasteiger charge is 2.27. The third-order valence-corrected chi connectivity index (χ3v) is 5.83. The van der Waals surface area contributed by atoms with Crippen molar-refractivity contribution in [2.24, 2.45) is 0 Å². The van der Waals surface area contributed by atoms with Gasteiger partial charge in [-0.3, -0.25) is 0 Å². The first-order chi connectivity index (χ1) is 17.5. The quantitative estimate of drug-likeness (QED) is 0.242. The van der Waals surface area contributed by atoms with Crippen LogP contribution in [0.25, 0.3) is 22.0 Å². The molecule has 0 saturated heterocycles. The molecule has 0 radical (unpaired) electrons. The maximum atomic E-state index is 13.5. The fraction of sp³-hybridized carbons (Fsp3) is 0.250. The average Bonchev–Trinajstić information content (AvgIpc) is 2.91. The summed E-state index contributed by atoms with van der Waals surface area (Å²) in [6.07, 6.45) is 3.84. The molecular formula is C28H29ClN2O6. The predicted octanol–water partition coefficient (Wildman–Crippen LogP) is 1.45. The number of esters is 1. The van der Waals surface area contributed by atoms with Gasteiger partial charge in [-0.1, -0.05) is 12.1 Å². The molecular weight excluding hydrogens is 496 g/mol. The number of aromatic nitrogens is 2. The number of carbonyl (C=O) groups is 1. The van der Waals surface area contributed by atoms with E-state index < -0.39 is 5.97 Å². The minimum Gasteiger partial charge on any atom is -1.00 e. The van der Waals surface area contributed by atoms with Crippen molar-refractivity contribution < 1.29 is 45.5 Å². The van der Waals surface area contributed by atoms with Gasteiger partial charge < -0.3 is 36.1 Å². The highest BCUT2D eigenvalue weighted by molar-refractivity contribution is 6.08. The van der Waals surface area contributed by atoms with E-state index in [2.05, 4.69) is 0 Å². The van der Waals surface area contributed by atoms with E-state index in [0.717, 1.165) is 5.56 Å². The highest BCUT2D eigenvalue weighted by Crippen LogP contribution is 2.41. The first-order valence-corrected chi connectivity index (χ1v) is 11.5. The summed E-state index contributed by atoms with van der Waals surface area (Å²) >= 11 is 0. The summed E-state index contributed by atoms with van der Waals surface area (Å²) in [5.74, 6) is 1.72. The van der Waals surface area contributed by atoms with E-state index >= 15 is 0 Å². The number of nitrogens with zero attached hydrogens (tertiary/aromatic N) is 2. The molecule has 0 unspecified atom stereocenters. The summed E-state index contributed by atoms with van der Waals surface area (Å²) in [5, 5.41) is 0.713. The van der Waals surface area contributed by atoms with Crippen LogP contribution in [0.15, 0.2) is 60.9 Å². The van der Waals surface area contributed by atoms with E-state index in [1.807, 2.05) is 65.5 Å². The molecule has 0 atom stereocenters. The van der Waals surface area contributed by atoms with Gasteiger partial charge in [0.25, 0.3) is 0 Å². The molecule has 0 bridgehead atoms. The second kappa shape index (κ2) is 12.3. The number of halogens is 1. The molecule has 2 heterocycles. The number of ether oxygens (including phenoxy) is 5. The Morgan fingerprint density at radius 1 is 0.838 bits per heavy atom. The molecule has 194 valence electrons. The largest absolute Gasteiger partial charge is 1.00 e. The molecule has 0 aliphatic carbocycles. The predicted molar refractivity (Wildman–Crippen MR) is 135 cm³/mol. The number of rotatable bonds is 9. The third-order valence-electron chi connectivity index (χ3n) is 5.83. The number of carbonyl (C=O) groups excluding carboxylic acids is 1. The summed E-state index contributed by atoms with van der Waals surface area (Å²) in [6.45, 7) is 2.37. The van der Waals surface area contributed by atoms with Crippen LogP contribution < -0.4 is 35.9 Å². The van der Waals surface area contributed by atoms with Gasteiger partial charge in [0.05, 0.1) is 46.1 Å². The molecule has 0 N–H and O–H groups in total. The molecule has 0 aliphatic heterocycles. The lowest BCUT2D eigenvalue weighted by Crippen LogP contribution is -3.00. The van der Waals surface area contributed by atoms with E-state index in [1.54, 1.807) is 35.4 Å². The highest BCUT2D eigenvalue weighted by atomic mass is 35.5. The van der Waals surface area contributed by atoms with Crippen molar-refractivity contribution in [1.29, 1.82) is 0 Å². The Kier molecular flexibility index (Phi) is 9.14. The Balaban J connectivity index is 0.00000380. The van der Waals surface area contributed by atoms with Crippen LogP contribution >= 0.6 is 0 Å². The zero-order valence-electron chi connectivity index (χ0n) is 21.4. The first kappa shape index (κ1) is 27.5. The Labute approximate surface area is 222 Å². The second-order valence-corrected chi connectivity index (χ2v) is 7.87. The van der Waals surface area contributed by atoms with E-state index in [4.69, 9.17) is 28.7 Å². The smallest absolute Gasteiger partial charge is 0.340 e. The number of fused-ring (bicyclic) bond motifs is 1. The van der Waals surface area contributed by atoms with Crippen molar-refractivity contribution in [2.75, 3.05) is 35.0 Å². The zero-order valence-corrected chi connectivity index (χ0v) is 22.2. The van der Waals surface area contributed by atoms with Crippen molar-refractivity contribution in [3.05, 3.63) is 72.2 Å². The molecule has 0 fully saturated rings. The van der Waals surface area contributed by atoms with Gasteiger partial charge in [0.1, 0.15) is 5.69 Å². The maximum Gasteiger partial charge on any atom is 0.340 e. The summed E-state index contributed by atoms with van der Waals surface area (Å²) in [5.41, 5.74) is 2.99. The van der Waals surface area contributed by atoms with Gasteiger partial charge in [-0.25, -0.2) is 9.78 Å². The van der Waals surface area contributed by atoms with Gasteiger partial charge in [0.15, 0.2) is 41.9 Å². The van der Waals surface area contributed by atoms with Crippen molar-refractivity contribution in [1.82, 2.24) is 4.98 Å². The van der Waals surface area contributed by atoms with Gasteiger partial charge in [0.2, 0.25) is 0 Å². The first-order valence-electron chi connectivity index (χ1n) is 11.5. The van der Waals surface area contributed by atoms with Gasteiger partial charge in [-0.2, -0.15) is 4.57 Å². The zero-order chi connectivity index (χ0) is 25.7. The van der Waals surface area contributed by atoms with Crippen molar-refractivity contribution >= 4 is 16.9 Å². The molecule has 4 aromatic rings. The summed E-state index contributed by atoms with van der Waals surface area (Å²) < 4.78 is 29.6. The van der Waals surface area contributed by atoms with Gasteiger partial charge >= 0.3 is 5.97 Å². The number of pyridine rings is 2. The summed E-state index contributed by atoms with van der Waals surface area (Å²) in [6, 6.07) is 15.0. The number of hydrogen-bond acceptors (Lipinski definition) is 7. The Morgan fingerprint density at radius 2 is 1.46 bits per heavy atom. The maximum absolute atomic E-state index is 13.5. The molecule has 2 aromatic heterocycles. The topological polar surface area (TPSA) is 80.0 Å². The van der Waals surface area contributed by atoms with Gasteiger partial charge in [-0.05, 0) is 30.7 Å². The molecule has 9 heteroatoms. The molecule has 0 saturated carbocycles. The molecule has 0 spiro atoms.